The van der Waals surface area contributed by atoms with Crippen LogP contribution in [0, 0.1) is 0 Å². The molecule has 0 fully saturated rings. The average Bonchev–Trinajstić information content (AvgIpc) is 2.37. The standard InChI is InChI=1S/C14H17ClN4OS/c1-4-5-9-6-10(20)19-14(18-9)21-13-11(8(2)3)12(15)16-7-17-13/h6-8H,4-5H2,1-3H3,(H,18,19,20). The molecule has 1 N–H and O–H groups in total. The van der Waals surface area contributed by atoms with Crippen molar-refractivity contribution in [3.05, 3.63) is 39.2 Å². The molecule has 0 aliphatic rings. The maximum absolute atomic E-state index is 11.7. The van der Waals surface area contributed by atoms with E-state index in [1.807, 2.05) is 13.8 Å². The van der Waals surface area contributed by atoms with Crippen molar-refractivity contribution in [2.75, 3.05) is 0 Å². The molecule has 0 saturated carbocycles. The molecular weight excluding hydrogens is 308 g/mol. The van der Waals surface area contributed by atoms with Crippen LogP contribution >= 0.6 is 23.4 Å². The van der Waals surface area contributed by atoms with Crippen molar-refractivity contribution in [1.29, 1.82) is 0 Å². The molecule has 0 aliphatic heterocycles. The molecule has 2 rings (SSSR count). The highest BCUT2D eigenvalue weighted by Gasteiger charge is 2.15. The third-order valence-corrected chi connectivity index (χ3v) is 4.06. The lowest BCUT2D eigenvalue weighted by Crippen LogP contribution is -2.10. The first kappa shape index (κ1) is 16.0. The summed E-state index contributed by atoms with van der Waals surface area (Å²) in [7, 11) is 0. The van der Waals surface area contributed by atoms with Crippen molar-refractivity contribution in [3.63, 3.8) is 0 Å². The fourth-order valence-electron chi connectivity index (χ4n) is 1.93. The zero-order valence-corrected chi connectivity index (χ0v) is 13.8. The summed E-state index contributed by atoms with van der Waals surface area (Å²) < 4.78 is 0. The van der Waals surface area contributed by atoms with E-state index in [4.69, 9.17) is 11.6 Å². The number of aromatic nitrogens is 4. The molecule has 0 aromatic carbocycles. The Labute approximate surface area is 132 Å². The van der Waals surface area contributed by atoms with E-state index in [9.17, 15) is 4.79 Å². The van der Waals surface area contributed by atoms with Crippen molar-refractivity contribution in [2.45, 2.75) is 49.7 Å². The lowest BCUT2D eigenvalue weighted by atomic mass is 10.1. The van der Waals surface area contributed by atoms with E-state index in [0.717, 1.165) is 29.1 Å². The number of nitrogens with one attached hydrogen (secondary N) is 1. The van der Waals surface area contributed by atoms with Crippen molar-refractivity contribution < 1.29 is 0 Å². The molecule has 0 aliphatic carbocycles. The molecule has 0 saturated heterocycles. The van der Waals surface area contributed by atoms with Crippen LogP contribution < -0.4 is 5.56 Å². The van der Waals surface area contributed by atoms with E-state index in [0.29, 0.717) is 10.3 Å². The minimum absolute atomic E-state index is 0.151. The molecule has 0 amide bonds. The fraction of sp³-hybridized carbons (Fsp3) is 0.429. The summed E-state index contributed by atoms with van der Waals surface area (Å²) in [4.78, 5) is 27.2. The van der Waals surface area contributed by atoms with Gasteiger partial charge in [0, 0.05) is 17.3 Å². The first-order chi connectivity index (χ1) is 10.0. The zero-order valence-electron chi connectivity index (χ0n) is 12.2. The van der Waals surface area contributed by atoms with E-state index in [-0.39, 0.29) is 11.5 Å². The first-order valence-electron chi connectivity index (χ1n) is 6.79. The Balaban J connectivity index is 2.39. The van der Waals surface area contributed by atoms with Crippen LogP contribution in [0.15, 0.2) is 27.4 Å². The van der Waals surface area contributed by atoms with Crippen LogP contribution in [0.3, 0.4) is 0 Å². The van der Waals surface area contributed by atoms with Crippen molar-refractivity contribution >= 4 is 23.4 Å². The van der Waals surface area contributed by atoms with E-state index in [2.05, 4.69) is 26.9 Å². The Kier molecular flexibility index (Phi) is 5.36. The van der Waals surface area contributed by atoms with Gasteiger partial charge in [-0.05, 0) is 24.1 Å². The summed E-state index contributed by atoms with van der Waals surface area (Å²) in [6.07, 6.45) is 3.14. The number of aryl methyl sites for hydroxylation is 1. The molecule has 112 valence electrons. The third-order valence-electron chi connectivity index (χ3n) is 2.85. The van der Waals surface area contributed by atoms with Gasteiger partial charge in [-0.2, -0.15) is 0 Å². The smallest absolute Gasteiger partial charge is 0.251 e. The van der Waals surface area contributed by atoms with Gasteiger partial charge in [0.25, 0.3) is 5.56 Å². The lowest BCUT2D eigenvalue weighted by Gasteiger charge is -2.11. The average molecular weight is 325 g/mol. The maximum atomic E-state index is 11.7. The number of nitrogens with zero attached hydrogens (tertiary/aromatic N) is 3. The van der Waals surface area contributed by atoms with Gasteiger partial charge in [0.1, 0.15) is 16.5 Å². The van der Waals surface area contributed by atoms with Crippen LogP contribution in [0.1, 0.15) is 44.4 Å². The summed E-state index contributed by atoms with van der Waals surface area (Å²) in [5, 5.41) is 1.69. The number of H-pyrrole nitrogens is 1. The van der Waals surface area contributed by atoms with Crippen molar-refractivity contribution in [3.8, 4) is 0 Å². The maximum Gasteiger partial charge on any atom is 0.251 e. The molecule has 2 aromatic rings. The first-order valence-corrected chi connectivity index (χ1v) is 7.99. The summed E-state index contributed by atoms with van der Waals surface area (Å²) in [6.45, 7) is 6.10. The van der Waals surface area contributed by atoms with Crippen LogP contribution in [-0.4, -0.2) is 19.9 Å². The van der Waals surface area contributed by atoms with Gasteiger partial charge in [-0.3, -0.25) is 4.79 Å². The van der Waals surface area contributed by atoms with Gasteiger partial charge in [-0.25, -0.2) is 15.0 Å². The largest absolute Gasteiger partial charge is 0.301 e. The quantitative estimate of drug-likeness (QED) is 0.673. The van der Waals surface area contributed by atoms with Crippen molar-refractivity contribution in [1.82, 2.24) is 19.9 Å². The van der Waals surface area contributed by atoms with E-state index >= 15 is 0 Å². The Morgan fingerprint density at radius 2 is 2.14 bits per heavy atom. The molecule has 0 atom stereocenters. The minimum atomic E-state index is -0.151. The molecule has 0 spiro atoms. The highest BCUT2D eigenvalue weighted by atomic mass is 35.5. The molecular formula is C14H17ClN4OS. The SMILES string of the molecule is CCCc1cc(=O)[nH]c(Sc2ncnc(Cl)c2C(C)C)n1. The highest BCUT2D eigenvalue weighted by molar-refractivity contribution is 7.99. The molecule has 0 bridgehead atoms. The lowest BCUT2D eigenvalue weighted by molar-refractivity contribution is 0.793. The van der Waals surface area contributed by atoms with Crippen LogP contribution in [0.5, 0.6) is 0 Å². The second-order valence-corrected chi connectivity index (χ2v) is 6.27. The van der Waals surface area contributed by atoms with Gasteiger partial charge in [-0.1, -0.05) is 38.8 Å². The van der Waals surface area contributed by atoms with Crippen LogP contribution in [-0.2, 0) is 6.42 Å². The highest BCUT2D eigenvalue weighted by Crippen LogP contribution is 2.33. The second kappa shape index (κ2) is 7.04. The summed E-state index contributed by atoms with van der Waals surface area (Å²) in [5.74, 6) is 0.187. The van der Waals surface area contributed by atoms with Gasteiger partial charge in [0.15, 0.2) is 5.16 Å². The predicted molar refractivity (Wildman–Crippen MR) is 84.1 cm³/mol. The molecule has 0 radical (unpaired) electrons. The molecule has 5 nitrogen and oxygen atoms in total. The van der Waals surface area contributed by atoms with Crippen molar-refractivity contribution in [2.24, 2.45) is 0 Å². The molecule has 2 heterocycles. The zero-order chi connectivity index (χ0) is 15.4. The molecule has 2 aromatic heterocycles. The van der Waals surface area contributed by atoms with Crippen LogP contribution in [0.4, 0.5) is 0 Å². The summed E-state index contributed by atoms with van der Waals surface area (Å²) >= 11 is 7.45. The predicted octanol–water partition coefficient (Wildman–Crippen LogP) is 3.44. The number of halogens is 1. The van der Waals surface area contributed by atoms with E-state index < -0.39 is 0 Å². The van der Waals surface area contributed by atoms with Crippen LogP contribution in [0.25, 0.3) is 0 Å². The number of hydrogen-bond acceptors (Lipinski definition) is 5. The summed E-state index contributed by atoms with van der Waals surface area (Å²) in [6, 6.07) is 1.53. The number of aromatic amines is 1. The van der Waals surface area contributed by atoms with E-state index in [1.54, 1.807) is 0 Å². The topological polar surface area (TPSA) is 71.5 Å². The normalized spacial score (nSPS) is 11.1. The molecule has 21 heavy (non-hydrogen) atoms. The monoisotopic (exact) mass is 324 g/mol. The van der Waals surface area contributed by atoms with Gasteiger partial charge < -0.3 is 4.98 Å². The number of rotatable bonds is 5. The Bertz CT molecular complexity index is 687. The second-order valence-electron chi connectivity index (χ2n) is 4.93. The van der Waals surface area contributed by atoms with Crippen LogP contribution in [0.2, 0.25) is 5.15 Å². The van der Waals surface area contributed by atoms with Gasteiger partial charge in [-0.15, -0.1) is 0 Å². The van der Waals surface area contributed by atoms with Gasteiger partial charge in [0.05, 0.1) is 0 Å². The number of hydrogen-bond donors (Lipinski definition) is 1. The van der Waals surface area contributed by atoms with Gasteiger partial charge >= 0.3 is 0 Å². The van der Waals surface area contributed by atoms with Gasteiger partial charge in [0.2, 0.25) is 0 Å². The van der Waals surface area contributed by atoms with E-state index in [1.165, 1.54) is 24.2 Å². The Hall–Kier alpha value is -1.40. The third kappa shape index (κ3) is 4.04. The summed E-state index contributed by atoms with van der Waals surface area (Å²) in [5.41, 5.74) is 1.50. The minimum Gasteiger partial charge on any atom is -0.301 e. The Morgan fingerprint density at radius 3 is 2.81 bits per heavy atom. The Morgan fingerprint density at radius 1 is 1.38 bits per heavy atom. The fourth-order valence-corrected chi connectivity index (χ4v) is 3.38. The molecule has 7 heteroatoms. The molecule has 0 unspecified atom stereocenters.